The number of halogens is 1. The standard InChI is InChI=1S/C18H17ClN2O/c1-10-6-12(19)8-14-15(18(22)21-17(10)14)7-11-9-20-16-5-3-2-4-13(11)16/h6-9,20H,2-5H2,1H3,(H,21,22). The lowest BCUT2D eigenvalue weighted by Gasteiger charge is -2.11. The van der Waals surface area contributed by atoms with Crippen molar-refractivity contribution >= 4 is 34.8 Å². The molecule has 0 spiro atoms. The fourth-order valence-corrected chi connectivity index (χ4v) is 3.76. The molecule has 0 saturated heterocycles. The minimum atomic E-state index is -0.0499. The van der Waals surface area contributed by atoms with E-state index in [0.717, 1.165) is 35.2 Å². The van der Waals surface area contributed by atoms with Gasteiger partial charge in [-0.3, -0.25) is 4.79 Å². The predicted molar refractivity (Wildman–Crippen MR) is 90.1 cm³/mol. The number of nitrogens with one attached hydrogen (secondary N) is 2. The van der Waals surface area contributed by atoms with Gasteiger partial charge in [0, 0.05) is 28.0 Å². The molecule has 4 rings (SSSR count). The summed E-state index contributed by atoms with van der Waals surface area (Å²) >= 11 is 6.17. The van der Waals surface area contributed by atoms with Crippen molar-refractivity contribution in [3.05, 3.63) is 51.3 Å². The number of anilines is 1. The summed E-state index contributed by atoms with van der Waals surface area (Å²) in [4.78, 5) is 15.7. The van der Waals surface area contributed by atoms with Gasteiger partial charge in [0.1, 0.15) is 0 Å². The van der Waals surface area contributed by atoms with E-state index in [1.54, 1.807) is 0 Å². The molecule has 0 saturated carbocycles. The van der Waals surface area contributed by atoms with E-state index in [4.69, 9.17) is 11.6 Å². The Morgan fingerprint density at radius 1 is 1.23 bits per heavy atom. The highest BCUT2D eigenvalue weighted by Crippen LogP contribution is 2.38. The van der Waals surface area contributed by atoms with Crippen LogP contribution in [0.4, 0.5) is 5.69 Å². The number of hydrogen-bond acceptors (Lipinski definition) is 1. The van der Waals surface area contributed by atoms with Crippen molar-refractivity contribution in [2.75, 3.05) is 5.32 Å². The van der Waals surface area contributed by atoms with E-state index in [2.05, 4.69) is 10.3 Å². The highest BCUT2D eigenvalue weighted by atomic mass is 35.5. The Bertz CT molecular complexity index is 817. The van der Waals surface area contributed by atoms with Crippen molar-refractivity contribution in [2.24, 2.45) is 0 Å². The second-order valence-corrected chi connectivity index (χ2v) is 6.50. The van der Waals surface area contributed by atoms with E-state index in [1.807, 2.05) is 31.3 Å². The summed E-state index contributed by atoms with van der Waals surface area (Å²) in [6.45, 7) is 1.96. The van der Waals surface area contributed by atoms with Gasteiger partial charge in [0.05, 0.1) is 5.69 Å². The van der Waals surface area contributed by atoms with Crippen LogP contribution in [0.5, 0.6) is 0 Å². The molecule has 1 aliphatic heterocycles. The summed E-state index contributed by atoms with van der Waals surface area (Å²) in [7, 11) is 0. The first-order valence-corrected chi connectivity index (χ1v) is 8.04. The van der Waals surface area contributed by atoms with Crippen molar-refractivity contribution in [3.63, 3.8) is 0 Å². The lowest BCUT2D eigenvalue weighted by molar-refractivity contribution is -0.110. The average Bonchev–Trinajstić information content (AvgIpc) is 3.03. The Labute approximate surface area is 134 Å². The van der Waals surface area contributed by atoms with Crippen molar-refractivity contribution < 1.29 is 4.79 Å². The zero-order chi connectivity index (χ0) is 15.3. The van der Waals surface area contributed by atoms with E-state index >= 15 is 0 Å². The zero-order valence-corrected chi connectivity index (χ0v) is 13.2. The molecule has 1 aromatic carbocycles. The van der Waals surface area contributed by atoms with Crippen LogP contribution in [0.1, 0.15) is 40.8 Å². The second-order valence-electron chi connectivity index (χ2n) is 6.07. The molecule has 1 aliphatic carbocycles. The normalized spacial score (nSPS) is 18.3. The number of fused-ring (bicyclic) bond motifs is 2. The molecule has 1 amide bonds. The number of aromatic nitrogens is 1. The first-order chi connectivity index (χ1) is 10.6. The molecule has 0 bridgehead atoms. The quantitative estimate of drug-likeness (QED) is 0.756. The van der Waals surface area contributed by atoms with Gasteiger partial charge in [-0.15, -0.1) is 0 Å². The molecule has 2 aliphatic rings. The molecule has 0 radical (unpaired) electrons. The average molecular weight is 313 g/mol. The van der Waals surface area contributed by atoms with Crippen LogP contribution in [0.2, 0.25) is 5.02 Å². The molecule has 3 nitrogen and oxygen atoms in total. The number of amides is 1. The van der Waals surface area contributed by atoms with E-state index in [-0.39, 0.29) is 5.91 Å². The van der Waals surface area contributed by atoms with Crippen molar-refractivity contribution in [3.8, 4) is 0 Å². The van der Waals surface area contributed by atoms with Crippen LogP contribution < -0.4 is 5.32 Å². The molecule has 0 unspecified atom stereocenters. The van der Waals surface area contributed by atoms with Crippen LogP contribution in [0.25, 0.3) is 11.6 Å². The number of carbonyl (C=O) groups is 1. The van der Waals surface area contributed by atoms with Crippen LogP contribution in [-0.4, -0.2) is 10.9 Å². The fourth-order valence-electron chi connectivity index (χ4n) is 3.49. The van der Waals surface area contributed by atoms with Crippen LogP contribution in [0.3, 0.4) is 0 Å². The monoisotopic (exact) mass is 312 g/mol. The highest BCUT2D eigenvalue weighted by Gasteiger charge is 2.27. The first kappa shape index (κ1) is 13.6. The number of aromatic amines is 1. The largest absolute Gasteiger partial charge is 0.364 e. The summed E-state index contributed by atoms with van der Waals surface area (Å²) in [5, 5.41) is 3.62. The minimum Gasteiger partial charge on any atom is -0.364 e. The Hall–Kier alpha value is -2.00. The Morgan fingerprint density at radius 3 is 2.91 bits per heavy atom. The summed E-state index contributed by atoms with van der Waals surface area (Å²) in [5.74, 6) is -0.0499. The second kappa shape index (κ2) is 5.03. The van der Waals surface area contributed by atoms with Crippen molar-refractivity contribution in [1.82, 2.24) is 4.98 Å². The Kier molecular flexibility index (Phi) is 3.12. The summed E-state index contributed by atoms with van der Waals surface area (Å²) < 4.78 is 0. The van der Waals surface area contributed by atoms with E-state index < -0.39 is 0 Å². The van der Waals surface area contributed by atoms with Crippen molar-refractivity contribution in [2.45, 2.75) is 32.6 Å². The number of carbonyl (C=O) groups excluding carboxylic acids is 1. The lowest BCUT2D eigenvalue weighted by Crippen LogP contribution is -2.05. The number of H-pyrrole nitrogens is 1. The van der Waals surface area contributed by atoms with E-state index in [0.29, 0.717) is 10.6 Å². The molecule has 112 valence electrons. The van der Waals surface area contributed by atoms with Gasteiger partial charge in [0.25, 0.3) is 5.91 Å². The summed E-state index contributed by atoms with van der Waals surface area (Å²) in [6.07, 6.45) is 8.66. The third kappa shape index (κ3) is 2.08. The fraction of sp³-hybridized carbons (Fsp3) is 0.278. The Balaban J connectivity index is 1.84. The van der Waals surface area contributed by atoms with Gasteiger partial charge in [-0.2, -0.15) is 0 Å². The molecule has 0 fully saturated rings. The first-order valence-electron chi connectivity index (χ1n) is 7.66. The van der Waals surface area contributed by atoms with Gasteiger partial charge in [-0.1, -0.05) is 11.6 Å². The number of aryl methyl sites for hydroxylation is 2. The van der Waals surface area contributed by atoms with Gasteiger partial charge < -0.3 is 10.3 Å². The van der Waals surface area contributed by atoms with E-state index in [9.17, 15) is 4.79 Å². The molecule has 2 aromatic rings. The molecule has 22 heavy (non-hydrogen) atoms. The van der Waals surface area contributed by atoms with Crippen LogP contribution in [0, 0.1) is 6.92 Å². The van der Waals surface area contributed by atoms with Crippen LogP contribution in [0.15, 0.2) is 18.3 Å². The minimum absolute atomic E-state index is 0.0499. The van der Waals surface area contributed by atoms with Crippen LogP contribution in [-0.2, 0) is 17.6 Å². The maximum Gasteiger partial charge on any atom is 0.256 e. The maximum atomic E-state index is 12.4. The third-order valence-electron chi connectivity index (χ3n) is 4.59. The molecule has 2 N–H and O–H groups in total. The molecular weight excluding hydrogens is 296 g/mol. The molecule has 1 aromatic heterocycles. The highest BCUT2D eigenvalue weighted by molar-refractivity contribution is 6.37. The number of rotatable bonds is 1. The smallest absolute Gasteiger partial charge is 0.256 e. The van der Waals surface area contributed by atoms with Crippen LogP contribution >= 0.6 is 11.6 Å². The zero-order valence-electron chi connectivity index (χ0n) is 12.4. The van der Waals surface area contributed by atoms with Gasteiger partial charge in [0.15, 0.2) is 0 Å². The molecule has 0 atom stereocenters. The Morgan fingerprint density at radius 2 is 2.05 bits per heavy atom. The maximum absolute atomic E-state index is 12.4. The van der Waals surface area contributed by atoms with Crippen molar-refractivity contribution in [1.29, 1.82) is 0 Å². The van der Waals surface area contributed by atoms with Gasteiger partial charge in [0.2, 0.25) is 0 Å². The number of hydrogen-bond donors (Lipinski definition) is 2. The topological polar surface area (TPSA) is 44.9 Å². The molecular formula is C18H17ClN2O. The third-order valence-corrected chi connectivity index (χ3v) is 4.81. The van der Waals surface area contributed by atoms with Gasteiger partial charge in [-0.05, 0) is 67.5 Å². The summed E-state index contributed by atoms with van der Waals surface area (Å²) in [6, 6.07) is 3.74. The van der Waals surface area contributed by atoms with Gasteiger partial charge in [-0.25, -0.2) is 0 Å². The number of benzene rings is 1. The SMILES string of the molecule is Cc1cc(Cl)cc2c1NC(=O)C2=Cc1c[nH]c2c1CCCC2. The lowest BCUT2D eigenvalue weighted by atomic mass is 9.93. The summed E-state index contributed by atoms with van der Waals surface area (Å²) in [5.41, 5.74) is 7.29. The molecule has 4 heteroatoms. The van der Waals surface area contributed by atoms with E-state index in [1.165, 1.54) is 24.1 Å². The van der Waals surface area contributed by atoms with Gasteiger partial charge >= 0.3 is 0 Å². The predicted octanol–water partition coefficient (Wildman–Crippen LogP) is 4.35. The molecule has 2 heterocycles.